The largest absolute Gasteiger partial charge is 0.329 e. The van der Waals surface area contributed by atoms with Crippen molar-refractivity contribution in [1.29, 1.82) is 0 Å². The van der Waals surface area contributed by atoms with E-state index in [1.54, 1.807) is 0 Å². The van der Waals surface area contributed by atoms with Crippen molar-refractivity contribution in [2.75, 3.05) is 6.54 Å². The molecule has 0 spiro atoms. The van der Waals surface area contributed by atoms with Crippen molar-refractivity contribution in [2.45, 2.75) is 18.3 Å². The Bertz CT molecular complexity index is 891. The Morgan fingerprint density at radius 2 is 1.35 bits per heavy atom. The molecule has 1 heteroatoms. The molecule has 6 rings (SSSR count). The minimum atomic E-state index is -0.206. The molecule has 0 unspecified atom stereocenters. The molecule has 2 N–H and O–H groups in total. The van der Waals surface area contributed by atoms with Crippen LogP contribution in [0.4, 0.5) is 0 Å². The SMILES string of the molecule is Cc1cccc2c1C1(CN)c3ccccc3C2c2ccccc21. The van der Waals surface area contributed by atoms with Gasteiger partial charge in [-0.05, 0) is 45.9 Å². The average Bonchev–Trinajstić information content (AvgIpc) is 2.61. The van der Waals surface area contributed by atoms with E-state index in [4.69, 9.17) is 5.73 Å². The average molecular weight is 297 g/mol. The zero-order valence-corrected chi connectivity index (χ0v) is 13.2. The summed E-state index contributed by atoms with van der Waals surface area (Å²) in [4.78, 5) is 0. The van der Waals surface area contributed by atoms with E-state index in [2.05, 4.69) is 73.7 Å². The number of aryl methyl sites for hydroxylation is 1. The monoisotopic (exact) mass is 297 g/mol. The highest BCUT2D eigenvalue weighted by atomic mass is 14.7. The highest BCUT2D eigenvalue weighted by molar-refractivity contribution is 5.73. The Morgan fingerprint density at radius 1 is 0.783 bits per heavy atom. The molecule has 3 aliphatic rings. The van der Waals surface area contributed by atoms with Gasteiger partial charge in [-0.1, -0.05) is 66.7 Å². The summed E-state index contributed by atoms with van der Waals surface area (Å²) in [6.07, 6.45) is 0. The molecule has 0 saturated heterocycles. The molecule has 0 saturated carbocycles. The van der Waals surface area contributed by atoms with Gasteiger partial charge in [0.1, 0.15) is 0 Å². The molecule has 2 bridgehead atoms. The van der Waals surface area contributed by atoms with Gasteiger partial charge in [0.2, 0.25) is 0 Å². The van der Waals surface area contributed by atoms with E-state index >= 15 is 0 Å². The molecule has 23 heavy (non-hydrogen) atoms. The van der Waals surface area contributed by atoms with Crippen LogP contribution in [0.5, 0.6) is 0 Å². The summed E-state index contributed by atoms with van der Waals surface area (Å²) in [6, 6.07) is 24.4. The van der Waals surface area contributed by atoms with Crippen LogP contribution in [0.15, 0.2) is 66.7 Å². The van der Waals surface area contributed by atoms with Gasteiger partial charge >= 0.3 is 0 Å². The lowest BCUT2D eigenvalue weighted by molar-refractivity contribution is 0.550. The van der Waals surface area contributed by atoms with Crippen molar-refractivity contribution >= 4 is 0 Å². The van der Waals surface area contributed by atoms with Gasteiger partial charge in [-0.3, -0.25) is 0 Å². The minimum absolute atomic E-state index is 0.206. The Morgan fingerprint density at radius 3 is 1.96 bits per heavy atom. The lowest BCUT2D eigenvalue weighted by atomic mass is 9.52. The molecule has 0 fully saturated rings. The first-order chi connectivity index (χ1) is 11.3. The van der Waals surface area contributed by atoms with Gasteiger partial charge in [-0.15, -0.1) is 0 Å². The van der Waals surface area contributed by atoms with Crippen LogP contribution in [-0.2, 0) is 5.41 Å². The molecule has 112 valence electrons. The molecule has 3 aliphatic carbocycles. The molecule has 0 atom stereocenters. The summed E-state index contributed by atoms with van der Waals surface area (Å²) in [7, 11) is 0. The second-order valence-electron chi connectivity index (χ2n) is 6.76. The Balaban J connectivity index is 2.02. The van der Waals surface area contributed by atoms with Crippen LogP contribution >= 0.6 is 0 Å². The Hall–Kier alpha value is -2.38. The van der Waals surface area contributed by atoms with Gasteiger partial charge < -0.3 is 5.73 Å². The van der Waals surface area contributed by atoms with E-state index < -0.39 is 0 Å². The summed E-state index contributed by atoms with van der Waals surface area (Å²) >= 11 is 0. The standard InChI is InChI=1S/C22H19N/c1-14-7-6-10-17-20-15-8-2-4-11-18(15)22(13-23,21(14)17)19-12-5-3-9-16(19)20/h2-12,20H,13,23H2,1H3. The van der Waals surface area contributed by atoms with Gasteiger partial charge in [0.05, 0.1) is 5.41 Å². The first kappa shape index (κ1) is 13.1. The van der Waals surface area contributed by atoms with Crippen LogP contribution in [0.2, 0.25) is 0 Å². The molecular formula is C22H19N. The molecular weight excluding hydrogens is 278 g/mol. The normalized spacial score (nSPS) is 23.1. The molecule has 0 radical (unpaired) electrons. The third-order valence-electron chi connectivity index (χ3n) is 5.81. The van der Waals surface area contributed by atoms with Crippen molar-refractivity contribution in [3.05, 3.63) is 106 Å². The number of hydrogen-bond donors (Lipinski definition) is 1. The summed E-state index contributed by atoms with van der Waals surface area (Å²) < 4.78 is 0. The first-order valence-electron chi connectivity index (χ1n) is 8.28. The van der Waals surface area contributed by atoms with Gasteiger partial charge in [-0.2, -0.15) is 0 Å². The van der Waals surface area contributed by atoms with Crippen molar-refractivity contribution in [1.82, 2.24) is 0 Å². The zero-order valence-electron chi connectivity index (χ0n) is 13.2. The highest BCUT2D eigenvalue weighted by Gasteiger charge is 2.51. The van der Waals surface area contributed by atoms with Crippen LogP contribution in [-0.4, -0.2) is 6.54 Å². The van der Waals surface area contributed by atoms with Crippen molar-refractivity contribution < 1.29 is 0 Å². The quantitative estimate of drug-likeness (QED) is 0.719. The maximum absolute atomic E-state index is 6.49. The summed E-state index contributed by atoms with van der Waals surface area (Å²) in [5, 5.41) is 0. The van der Waals surface area contributed by atoms with Crippen LogP contribution in [0.3, 0.4) is 0 Å². The summed E-state index contributed by atoms with van der Waals surface area (Å²) in [5.41, 5.74) is 16.1. The third kappa shape index (κ3) is 1.37. The summed E-state index contributed by atoms with van der Waals surface area (Å²) in [5.74, 6) is 0.339. The molecule has 0 heterocycles. The van der Waals surface area contributed by atoms with Crippen LogP contribution in [0, 0.1) is 6.92 Å². The van der Waals surface area contributed by atoms with E-state index in [1.165, 1.54) is 38.9 Å². The van der Waals surface area contributed by atoms with Gasteiger partial charge in [0.25, 0.3) is 0 Å². The zero-order chi connectivity index (χ0) is 15.6. The maximum Gasteiger partial charge on any atom is 0.0584 e. The number of benzene rings is 3. The highest BCUT2D eigenvalue weighted by Crippen LogP contribution is 2.59. The minimum Gasteiger partial charge on any atom is -0.329 e. The topological polar surface area (TPSA) is 26.0 Å². The lowest BCUT2D eigenvalue weighted by Crippen LogP contribution is -2.47. The predicted molar refractivity (Wildman–Crippen MR) is 93.9 cm³/mol. The first-order valence-corrected chi connectivity index (χ1v) is 8.28. The van der Waals surface area contributed by atoms with Gasteiger partial charge in [0.15, 0.2) is 0 Å². The van der Waals surface area contributed by atoms with E-state index in [-0.39, 0.29) is 5.41 Å². The van der Waals surface area contributed by atoms with Crippen molar-refractivity contribution in [3.8, 4) is 0 Å². The van der Waals surface area contributed by atoms with Gasteiger partial charge in [-0.25, -0.2) is 0 Å². The molecule has 3 aromatic rings. The van der Waals surface area contributed by atoms with E-state index in [0.29, 0.717) is 12.5 Å². The second kappa shape index (κ2) is 4.33. The lowest BCUT2D eigenvalue weighted by Gasteiger charge is -2.51. The molecule has 1 nitrogen and oxygen atoms in total. The Kier molecular flexibility index (Phi) is 2.47. The fourth-order valence-corrected chi connectivity index (χ4v) is 5.03. The summed E-state index contributed by atoms with van der Waals surface area (Å²) in [6.45, 7) is 2.83. The number of rotatable bonds is 1. The maximum atomic E-state index is 6.49. The van der Waals surface area contributed by atoms with E-state index in [9.17, 15) is 0 Å². The van der Waals surface area contributed by atoms with Crippen molar-refractivity contribution in [3.63, 3.8) is 0 Å². The Labute approximate surface area is 136 Å². The van der Waals surface area contributed by atoms with E-state index in [0.717, 1.165) is 0 Å². The molecule has 3 aromatic carbocycles. The van der Waals surface area contributed by atoms with Gasteiger partial charge in [0, 0.05) is 12.5 Å². The third-order valence-corrected chi connectivity index (χ3v) is 5.81. The fourth-order valence-electron chi connectivity index (χ4n) is 5.03. The van der Waals surface area contributed by atoms with E-state index in [1.807, 2.05) is 0 Å². The smallest absolute Gasteiger partial charge is 0.0584 e. The van der Waals surface area contributed by atoms with Crippen LogP contribution in [0.25, 0.3) is 0 Å². The molecule has 0 amide bonds. The van der Waals surface area contributed by atoms with Crippen LogP contribution < -0.4 is 5.73 Å². The fraction of sp³-hybridized carbons (Fsp3) is 0.182. The number of nitrogens with two attached hydrogens (primary N) is 1. The molecule has 0 aliphatic heterocycles. The second-order valence-corrected chi connectivity index (χ2v) is 6.76. The number of hydrogen-bond acceptors (Lipinski definition) is 1. The van der Waals surface area contributed by atoms with Crippen LogP contribution in [0.1, 0.15) is 44.9 Å². The van der Waals surface area contributed by atoms with Crippen molar-refractivity contribution in [2.24, 2.45) is 5.73 Å². The predicted octanol–water partition coefficient (Wildman–Crippen LogP) is 4.10. The molecule has 0 aromatic heterocycles.